The number of hydrogen-bond acceptors (Lipinski definition) is 4. The van der Waals surface area contributed by atoms with Gasteiger partial charge in [-0.25, -0.2) is 0 Å². The second-order valence-corrected chi connectivity index (χ2v) is 8.03. The predicted octanol–water partition coefficient (Wildman–Crippen LogP) is 5.12. The molecule has 2 aliphatic rings. The number of furan rings is 1. The molecular formula is C21H24N2O2. The van der Waals surface area contributed by atoms with Crippen molar-refractivity contribution in [3.63, 3.8) is 0 Å². The van der Waals surface area contributed by atoms with Gasteiger partial charge in [0.15, 0.2) is 5.78 Å². The molecule has 4 heteroatoms. The van der Waals surface area contributed by atoms with Crippen LogP contribution in [0.5, 0.6) is 0 Å². The van der Waals surface area contributed by atoms with E-state index < -0.39 is 0 Å². The molecule has 0 saturated carbocycles. The lowest BCUT2D eigenvalue weighted by molar-refractivity contribution is -0.118. The zero-order valence-corrected chi connectivity index (χ0v) is 15.2. The molecule has 0 amide bonds. The fourth-order valence-corrected chi connectivity index (χ4v) is 3.88. The van der Waals surface area contributed by atoms with Crippen LogP contribution in [0.1, 0.15) is 49.8 Å². The highest BCUT2D eigenvalue weighted by Gasteiger charge is 2.39. The topological polar surface area (TPSA) is 54.3 Å². The van der Waals surface area contributed by atoms with E-state index in [1.807, 2.05) is 19.1 Å². The Hall–Kier alpha value is -2.49. The number of rotatable bonds is 1. The first kappa shape index (κ1) is 16.0. The lowest BCUT2D eigenvalue weighted by Gasteiger charge is -2.33. The highest BCUT2D eigenvalue weighted by Crippen LogP contribution is 2.45. The Balaban J connectivity index is 1.89. The first-order valence-corrected chi connectivity index (χ1v) is 8.79. The van der Waals surface area contributed by atoms with Crippen LogP contribution < -0.4 is 10.6 Å². The fourth-order valence-electron chi connectivity index (χ4n) is 3.88. The zero-order valence-electron chi connectivity index (χ0n) is 15.2. The molecule has 0 spiro atoms. The summed E-state index contributed by atoms with van der Waals surface area (Å²) in [5.74, 6) is 1.83. The standard InChI is InChI=1S/C21H24N2O2/c1-12-5-7-14-15(9-12)23-20(18-8-6-13(2)25-18)19-16(22-14)10-21(3,4)11-17(19)24/h5-9,20,22-23H,10-11H2,1-4H3/t20-/m1/s1. The van der Waals surface area contributed by atoms with Gasteiger partial charge < -0.3 is 15.1 Å². The lowest BCUT2D eigenvalue weighted by atomic mass is 9.74. The molecule has 0 bridgehead atoms. The average molecular weight is 336 g/mol. The van der Waals surface area contributed by atoms with Crippen LogP contribution in [0.15, 0.2) is 46.0 Å². The van der Waals surface area contributed by atoms with Gasteiger partial charge in [-0.05, 0) is 55.5 Å². The van der Waals surface area contributed by atoms with Gasteiger partial charge in [0.2, 0.25) is 0 Å². The summed E-state index contributed by atoms with van der Waals surface area (Å²) >= 11 is 0. The Morgan fingerprint density at radius 2 is 1.88 bits per heavy atom. The van der Waals surface area contributed by atoms with Crippen LogP contribution in [0.25, 0.3) is 0 Å². The third-order valence-corrected chi connectivity index (χ3v) is 5.01. The largest absolute Gasteiger partial charge is 0.464 e. The van der Waals surface area contributed by atoms with Gasteiger partial charge in [-0.15, -0.1) is 0 Å². The molecule has 2 N–H and O–H groups in total. The number of nitrogens with one attached hydrogen (secondary N) is 2. The van der Waals surface area contributed by atoms with Crippen LogP contribution in [0.3, 0.4) is 0 Å². The Kier molecular flexibility index (Phi) is 3.53. The first-order valence-electron chi connectivity index (χ1n) is 8.79. The number of ketones is 1. The predicted molar refractivity (Wildman–Crippen MR) is 99.7 cm³/mol. The van der Waals surface area contributed by atoms with Crippen molar-refractivity contribution in [1.29, 1.82) is 0 Å². The van der Waals surface area contributed by atoms with Crippen LogP contribution in [0.4, 0.5) is 11.4 Å². The third kappa shape index (κ3) is 2.86. The smallest absolute Gasteiger partial charge is 0.163 e. The van der Waals surface area contributed by atoms with E-state index in [1.165, 1.54) is 5.56 Å². The Morgan fingerprint density at radius 1 is 1.08 bits per heavy atom. The highest BCUT2D eigenvalue weighted by atomic mass is 16.3. The minimum absolute atomic E-state index is 0.0399. The molecule has 1 aromatic carbocycles. The van der Waals surface area contributed by atoms with Gasteiger partial charge in [-0.2, -0.15) is 0 Å². The molecule has 1 aliphatic carbocycles. The summed E-state index contributed by atoms with van der Waals surface area (Å²) in [5.41, 5.74) is 4.96. The van der Waals surface area contributed by atoms with E-state index in [-0.39, 0.29) is 17.2 Å². The quantitative estimate of drug-likeness (QED) is 0.759. The van der Waals surface area contributed by atoms with Gasteiger partial charge in [0.25, 0.3) is 0 Å². The molecule has 2 aromatic rings. The van der Waals surface area contributed by atoms with E-state index in [2.05, 4.69) is 49.6 Å². The molecule has 2 heterocycles. The van der Waals surface area contributed by atoms with Crippen molar-refractivity contribution in [3.05, 3.63) is 58.7 Å². The van der Waals surface area contributed by atoms with E-state index in [9.17, 15) is 4.79 Å². The average Bonchev–Trinajstić information content (AvgIpc) is 2.86. The molecule has 0 unspecified atom stereocenters. The molecule has 0 fully saturated rings. The summed E-state index contributed by atoms with van der Waals surface area (Å²) in [5, 5.41) is 7.09. The maximum atomic E-state index is 13.0. The maximum Gasteiger partial charge on any atom is 0.163 e. The van der Waals surface area contributed by atoms with Crippen LogP contribution in [-0.2, 0) is 4.79 Å². The Bertz CT molecular complexity index is 889. The van der Waals surface area contributed by atoms with Gasteiger partial charge in [0.05, 0.1) is 11.4 Å². The number of hydrogen-bond donors (Lipinski definition) is 2. The van der Waals surface area contributed by atoms with E-state index in [0.717, 1.165) is 40.6 Å². The minimum atomic E-state index is -0.261. The minimum Gasteiger partial charge on any atom is -0.464 e. The normalized spacial score (nSPS) is 21.8. The Labute approximate surface area is 148 Å². The molecule has 1 aliphatic heterocycles. The van der Waals surface area contributed by atoms with Crippen LogP contribution in [0.2, 0.25) is 0 Å². The number of carbonyl (C=O) groups is 1. The van der Waals surface area contributed by atoms with Crippen molar-refractivity contribution in [2.75, 3.05) is 10.6 Å². The zero-order chi connectivity index (χ0) is 17.8. The molecule has 0 radical (unpaired) electrons. The summed E-state index contributed by atoms with van der Waals surface area (Å²) in [4.78, 5) is 13.0. The lowest BCUT2D eigenvalue weighted by Crippen LogP contribution is -2.31. The third-order valence-electron chi connectivity index (χ3n) is 5.01. The van der Waals surface area contributed by atoms with Crippen molar-refractivity contribution < 1.29 is 9.21 Å². The van der Waals surface area contributed by atoms with Crippen molar-refractivity contribution >= 4 is 17.2 Å². The van der Waals surface area contributed by atoms with Gasteiger partial charge in [0, 0.05) is 17.7 Å². The van der Waals surface area contributed by atoms with Gasteiger partial charge in [0.1, 0.15) is 17.6 Å². The van der Waals surface area contributed by atoms with Gasteiger partial charge >= 0.3 is 0 Å². The first-order chi connectivity index (χ1) is 11.8. The summed E-state index contributed by atoms with van der Waals surface area (Å²) in [6, 6.07) is 9.92. The molecule has 25 heavy (non-hydrogen) atoms. The van der Waals surface area contributed by atoms with Gasteiger partial charge in [-0.1, -0.05) is 19.9 Å². The SMILES string of the molecule is Cc1ccc2c(c1)N[C@H](c1ccc(C)o1)C1=C(CC(C)(C)CC1=O)N2. The van der Waals surface area contributed by atoms with Crippen molar-refractivity contribution in [2.45, 2.75) is 46.6 Å². The summed E-state index contributed by atoms with van der Waals surface area (Å²) in [7, 11) is 0. The van der Waals surface area contributed by atoms with Gasteiger partial charge in [-0.3, -0.25) is 4.79 Å². The summed E-state index contributed by atoms with van der Waals surface area (Å²) < 4.78 is 5.90. The number of aryl methyl sites for hydroxylation is 2. The van der Waals surface area contributed by atoms with Crippen LogP contribution in [-0.4, -0.2) is 5.78 Å². The molecule has 1 aromatic heterocycles. The monoisotopic (exact) mass is 336 g/mol. The number of fused-ring (bicyclic) bond motifs is 1. The van der Waals surface area contributed by atoms with Crippen molar-refractivity contribution in [2.24, 2.45) is 5.41 Å². The number of carbonyl (C=O) groups excluding carboxylic acids is 1. The van der Waals surface area contributed by atoms with Crippen LogP contribution >= 0.6 is 0 Å². The number of allylic oxidation sites excluding steroid dienone is 1. The number of anilines is 2. The second kappa shape index (κ2) is 5.51. The molecular weight excluding hydrogens is 312 g/mol. The Morgan fingerprint density at radius 3 is 2.60 bits per heavy atom. The molecule has 4 nitrogen and oxygen atoms in total. The maximum absolute atomic E-state index is 13.0. The number of Topliss-reactive ketones (excluding diaryl/α,β-unsaturated/α-hetero) is 1. The molecule has 4 rings (SSSR count). The molecule has 0 saturated heterocycles. The molecule has 1 atom stereocenters. The van der Waals surface area contributed by atoms with E-state index in [0.29, 0.717) is 6.42 Å². The van der Waals surface area contributed by atoms with E-state index >= 15 is 0 Å². The van der Waals surface area contributed by atoms with Crippen molar-refractivity contribution in [3.8, 4) is 0 Å². The summed E-state index contributed by atoms with van der Waals surface area (Å²) in [6.45, 7) is 8.30. The highest BCUT2D eigenvalue weighted by molar-refractivity contribution is 6.01. The van der Waals surface area contributed by atoms with Crippen molar-refractivity contribution in [1.82, 2.24) is 0 Å². The molecule has 130 valence electrons. The van der Waals surface area contributed by atoms with Crippen LogP contribution in [0, 0.1) is 19.3 Å². The number of benzene rings is 1. The fraction of sp³-hybridized carbons (Fsp3) is 0.381. The van der Waals surface area contributed by atoms with E-state index in [1.54, 1.807) is 0 Å². The van der Waals surface area contributed by atoms with E-state index in [4.69, 9.17) is 4.42 Å². The summed E-state index contributed by atoms with van der Waals surface area (Å²) in [6.07, 6.45) is 1.40. The second-order valence-electron chi connectivity index (χ2n) is 8.03.